The summed E-state index contributed by atoms with van der Waals surface area (Å²) >= 11 is -0.158. The van der Waals surface area contributed by atoms with Crippen molar-refractivity contribution in [3.8, 4) is 0 Å². The van der Waals surface area contributed by atoms with Gasteiger partial charge in [-0.2, -0.15) is 13.2 Å². The molecule has 1 saturated carbocycles. The molecule has 1 aliphatic heterocycles. The summed E-state index contributed by atoms with van der Waals surface area (Å²) in [5, 5.41) is 2.46. The summed E-state index contributed by atoms with van der Waals surface area (Å²) in [6.45, 7) is 0.374. The quantitative estimate of drug-likeness (QED) is 0.780. The predicted octanol–water partition coefficient (Wildman–Crippen LogP) is 1.37. The Morgan fingerprint density at radius 2 is 2.11 bits per heavy atom. The summed E-state index contributed by atoms with van der Waals surface area (Å²) in [7, 11) is 0. The average molecular weight is 296 g/mol. The number of nitrogens with zero attached hydrogens (tertiary/aromatic N) is 1. The summed E-state index contributed by atoms with van der Waals surface area (Å²) in [5.41, 5.74) is -4.27. The van der Waals surface area contributed by atoms with Crippen molar-refractivity contribution in [3.63, 3.8) is 0 Å². The Kier molecular flexibility index (Phi) is 4.27. The average Bonchev–Trinajstić information content (AvgIpc) is 3.07. The Hall–Kier alpha value is -0.920. The number of hydrogen-bond donors (Lipinski definition) is 1. The van der Waals surface area contributed by atoms with E-state index in [1.165, 1.54) is 0 Å². The normalized spacial score (nSPS) is 23.8. The van der Waals surface area contributed by atoms with Crippen molar-refractivity contribution in [2.45, 2.75) is 30.8 Å². The number of carbonyl (C=O) groups is 2. The highest BCUT2D eigenvalue weighted by molar-refractivity contribution is 8.00. The van der Waals surface area contributed by atoms with E-state index in [0.29, 0.717) is 6.54 Å². The van der Waals surface area contributed by atoms with Crippen LogP contribution in [0, 0.1) is 5.92 Å². The number of nitrogens with one attached hydrogen (secondary N) is 1. The summed E-state index contributed by atoms with van der Waals surface area (Å²) in [6.07, 6.45) is 2.15. The minimum absolute atomic E-state index is 0.0210. The molecule has 0 radical (unpaired) electrons. The van der Waals surface area contributed by atoms with Crippen molar-refractivity contribution in [2.24, 2.45) is 5.92 Å². The predicted molar refractivity (Wildman–Crippen MR) is 64.4 cm³/mol. The van der Waals surface area contributed by atoms with Gasteiger partial charge in [-0.25, -0.2) is 0 Å². The van der Waals surface area contributed by atoms with Gasteiger partial charge in [0.2, 0.25) is 11.8 Å². The molecular formula is C11H15F3N2O2S. The highest BCUT2D eigenvalue weighted by Crippen LogP contribution is 2.32. The van der Waals surface area contributed by atoms with Crippen LogP contribution in [-0.4, -0.2) is 47.1 Å². The van der Waals surface area contributed by atoms with Crippen LogP contribution in [0.15, 0.2) is 0 Å². The molecule has 0 unspecified atom stereocenters. The Labute approximate surface area is 113 Å². The highest BCUT2D eigenvalue weighted by Gasteiger charge is 2.41. The van der Waals surface area contributed by atoms with E-state index in [4.69, 9.17) is 0 Å². The number of amides is 2. The lowest BCUT2D eigenvalue weighted by Gasteiger charge is -2.15. The van der Waals surface area contributed by atoms with Crippen LogP contribution in [0.3, 0.4) is 0 Å². The molecule has 4 nitrogen and oxygen atoms in total. The van der Waals surface area contributed by atoms with Crippen LogP contribution in [0.2, 0.25) is 0 Å². The number of alkyl halides is 3. The maximum Gasteiger partial charge on any atom is 0.441 e. The first kappa shape index (κ1) is 14.5. The van der Waals surface area contributed by atoms with Gasteiger partial charge in [0, 0.05) is 31.3 Å². The second-order valence-corrected chi connectivity index (χ2v) is 5.92. The molecule has 0 aromatic heterocycles. The van der Waals surface area contributed by atoms with Crippen LogP contribution in [0.4, 0.5) is 13.2 Å². The Bertz CT molecular complexity index is 371. The smallest absolute Gasteiger partial charge is 0.355 e. The molecule has 1 heterocycles. The molecule has 0 aromatic rings. The molecule has 2 amide bonds. The van der Waals surface area contributed by atoms with Crippen molar-refractivity contribution in [1.29, 1.82) is 0 Å². The van der Waals surface area contributed by atoms with Gasteiger partial charge < -0.3 is 10.2 Å². The summed E-state index contributed by atoms with van der Waals surface area (Å²) in [5.74, 6) is -0.960. The lowest BCUT2D eigenvalue weighted by Crippen LogP contribution is -2.34. The van der Waals surface area contributed by atoms with E-state index in [2.05, 4.69) is 5.32 Å². The second-order valence-electron chi connectivity index (χ2n) is 4.76. The number of hydrogen-bond acceptors (Lipinski definition) is 3. The van der Waals surface area contributed by atoms with Gasteiger partial charge in [0.25, 0.3) is 0 Å². The van der Waals surface area contributed by atoms with Gasteiger partial charge in [-0.3, -0.25) is 9.59 Å². The fraction of sp³-hybridized carbons (Fsp3) is 0.818. The summed E-state index contributed by atoms with van der Waals surface area (Å²) in [4.78, 5) is 25.1. The van der Waals surface area contributed by atoms with Crippen molar-refractivity contribution in [3.05, 3.63) is 0 Å². The first-order valence-corrected chi connectivity index (χ1v) is 7.13. The van der Waals surface area contributed by atoms with E-state index in [1.54, 1.807) is 4.90 Å². The lowest BCUT2D eigenvalue weighted by molar-refractivity contribution is -0.129. The van der Waals surface area contributed by atoms with E-state index in [-0.39, 0.29) is 48.3 Å². The molecule has 1 saturated heterocycles. The first-order chi connectivity index (χ1) is 8.87. The number of halogens is 3. The Morgan fingerprint density at radius 3 is 2.68 bits per heavy atom. The first-order valence-electron chi connectivity index (χ1n) is 6.14. The molecular weight excluding hydrogens is 281 g/mol. The molecule has 0 aromatic carbocycles. The zero-order chi connectivity index (χ0) is 14.0. The van der Waals surface area contributed by atoms with E-state index < -0.39 is 11.4 Å². The fourth-order valence-electron chi connectivity index (χ4n) is 2.13. The fourth-order valence-corrected chi connectivity index (χ4v) is 2.57. The van der Waals surface area contributed by atoms with E-state index >= 15 is 0 Å². The molecule has 1 N–H and O–H groups in total. The number of carbonyl (C=O) groups excluding carboxylic acids is 2. The van der Waals surface area contributed by atoms with Crippen molar-refractivity contribution in [2.75, 3.05) is 18.8 Å². The van der Waals surface area contributed by atoms with Gasteiger partial charge >= 0.3 is 5.51 Å². The number of likely N-dealkylation sites (tertiary alicyclic amines) is 1. The maximum atomic E-state index is 11.9. The third-order valence-corrected chi connectivity index (χ3v) is 3.92. The lowest BCUT2D eigenvalue weighted by atomic mass is 10.1. The molecule has 8 heteroatoms. The zero-order valence-corrected chi connectivity index (χ0v) is 11.0. The third-order valence-electron chi connectivity index (χ3n) is 3.18. The number of thioether (sulfide) groups is 1. The standard InChI is InChI=1S/C11H15F3N2O2S/c12-11(13,14)19-4-3-15-10(18)7-5-9(17)16(6-7)8-1-2-8/h7-8H,1-6H2,(H,15,18)/t7-/m0/s1. The van der Waals surface area contributed by atoms with E-state index in [1.807, 2.05) is 0 Å². The van der Waals surface area contributed by atoms with E-state index in [9.17, 15) is 22.8 Å². The van der Waals surface area contributed by atoms with Gasteiger partial charge in [0.15, 0.2) is 0 Å². The Morgan fingerprint density at radius 1 is 1.42 bits per heavy atom. The largest absolute Gasteiger partial charge is 0.441 e. The minimum atomic E-state index is -4.27. The second kappa shape index (κ2) is 5.60. The number of rotatable bonds is 5. The summed E-state index contributed by atoms with van der Waals surface area (Å²) in [6, 6.07) is 0.283. The van der Waals surface area contributed by atoms with E-state index in [0.717, 1.165) is 12.8 Å². The molecule has 1 atom stereocenters. The van der Waals surface area contributed by atoms with Crippen LogP contribution in [0.1, 0.15) is 19.3 Å². The molecule has 2 fully saturated rings. The van der Waals surface area contributed by atoms with Gasteiger partial charge in [-0.05, 0) is 24.6 Å². The molecule has 2 aliphatic rings. The highest BCUT2D eigenvalue weighted by atomic mass is 32.2. The monoisotopic (exact) mass is 296 g/mol. The van der Waals surface area contributed by atoms with Crippen molar-refractivity contribution < 1.29 is 22.8 Å². The maximum absolute atomic E-state index is 11.9. The molecule has 19 heavy (non-hydrogen) atoms. The SMILES string of the molecule is O=C(NCCSC(F)(F)F)[C@H]1CC(=O)N(C2CC2)C1. The van der Waals surface area contributed by atoms with Gasteiger partial charge in [-0.15, -0.1) is 0 Å². The van der Waals surface area contributed by atoms with Crippen molar-refractivity contribution in [1.82, 2.24) is 10.2 Å². The Balaban J connectivity index is 1.68. The van der Waals surface area contributed by atoms with Crippen LogP contribution in [0.25, 0.3) is 0 Å². The van der Waals surface area contributed by atoms with Crippen LogP contribution in [-0.2, 0) is 9.59 Å². The zero-order valence-electron chi connectivity index (χ0n) is 10.2. The van der Waals surface area contributed by atoms with Crippen molar-refractivity contribution >= 4 is 23.6 Å². The van der Waals surface area contributed by atoms with Gasteiger partial charge in [0.1, 0.15) is 0 Å². The minimum Gasteiger partial charge on any atom is -0.355 e. The summed E-state index contributed by atoms with van der Waals surface area (Å²) < 4.78 is 35.6. The molecule has 0 bridgehead atoms. The van der Waals surface area contributed by atoms with Gasteiger partial charge in [0.05, 0.1) is 5.92 Å². The van der Waals surface area contributed by atoms with Gasteiger partial charge in [-0.1, -0.05) is 0 Å². The van der Waals surface area contributed by atoms with Crippen LogP contribution >= 0.6 is 11.8 Å². The third kappa shape index (κ3) is 4.29. The molecule has 1 aliphatic carbocycles. The molecule has 108 valence electrons. The van der Waals surface area contributed by atoms with Crippen LogP contribution in [0.5, 0.6) is 0 Å². The molecule has 0 spiro atoms. The van der Waals surface area contributed by atoms with Crippen LogP contribution < -0.4 is 5.32 Å². The molecule has 2 rings (SSSR count). The topological polar surface area (TPSA) is 49.4 Å².